The monoisotopic (exact) mass is 322 g/mol. The van der Waals surface area contributed by atoms with E-state index >= 15 is 0 Å². The number of piperazine rings is 1. The van der Waals surface area contributed by atoms with E-state index in [1.165, 1.54) is 6.33 Å². The molecule has 1 aromatic heterocycles. The maximum Gasteiger partial charge on any atom is 0.260 e. The summed E-state index contributed by atoms with van der Waals surface area (Å²) >= 11 is 5.86. The smallest absolute Gasteiger partial charge is 0.260 e. The van der Waals surface area contributed by atoms with Crippen LogP contribution in [0.3, 0.4) is 0 Å². The average Bonchev–Trinajstić information content (AvgIpc) is 3.08. The molecule has 0 atom stereocenters. The molecule has 0 bridgehead atoms. The predicted molar refractivity (Wildman–Crippen MR) is 78.7 cm³/mol. The standard InChI is InChI=1S/C13H15ClN6O2/c14-19-7-5-18(6-8-19)13(21)9-22-12-3-1-11(2-4-12)20-10-15-16-17-20/h1-4,10H,5-9H2. The topological polar surface area (TPSA) is 76.4 Å². The second-order valence-corrected chi connectivity index (χ2v) is 5.31. The Hall–Kier alpha value is -2.19. The molecule has 2 heterocycles. The van der Waals surface area contributed by atoms with Gasteiger partial charge in [0.15, 0.2) is 6.61 Å². The van der Waals surface area contributed by atoms with E-state index in [4.69, 9.17) is 16.5 Å². The highest BCUT2D eigenvalue weighted by atomic mass is 35.5. The summed E-state index contributed by atoms with van der Waals surface area (Å²) in [6.45, 7) is 2.63. The van der Waals surface area contributed by atoms with Crippen LogP contribution in [-0.2, 0) is 4.79 Å². The van der Waals surface area contributed by atoms with Crippen molar-refractivity contribution in [3.63, 3.8) is 0 Å². The molecule has 116 valence electrons. The number of hydrogen-bond donors (Lipinski definition) is 0. The largest absolute Gasteiger partial charge is 0.484 e. The summed E-state index contributed by atoms with van der Waals surface area (Å²) in [4.78, 5) is 13.8. The molecule has 3 rings (SSSR count). The Morgan fingerprint density at radius 1 is 1.18 bits per heavy atom. The van der Waals surface area contributed by atoms with Gasteiger partial charge < -0.3 is 9.64 Å². The maximum atomic E-state index is 12.0. The van der Waals surface area contributed by atoms with E-state index in [2.05, 4.69) is 15.5 Å². The molecule has 1 aliphatic rings. The Balaban J connectivity index is 1.52. The third kappa shape index (κ3) is 3.52. The van der Waals surface area contributed by atoms with Gasteiger partial charge in [-0.1, -0.05) is 0 Å². The minimum atomic E-state index is -0.0330. The maximum absolute atomic E-state index is 12.0. The van der Waals surface area contributed by atoms with Gasteiger partial charge in [-0.05, 0) is 46.5 Å². The minimum Gasteiger partial charge on any atom is -0.484 e. The molecular weight excluding hydrogens is 308 g/mol. The summed E-state index contributed by atoms with van der Waals surface area (Å²) in [6, 6.07) is 7.20. The molecule has 9 heteroatoms. The van der Waals surface area contributed by atoms with Crippen LogP contribution in [0.5, 0.6) is 5.75 Å². The Kier molecular flexibility index (Phi) is 4.50. The molecule has 0 unspecified atom stereocenters. The van der Waals surface area contributed by atoms with E-state index in [1.807, 2.05) is 12.1 Å². The van der Waals surface area contributed by atoms with Gasteiger partial charge in [-0.2, -0.15) is 0 Å². The van der Waals surface area contributed by atoms with Crippen LogP contribution >= 0.6 is 11.8 Å². The molecule has 0 spiro atoms. The van der Waals surface area contributed by atoms with Gasteiger partial charge in [0.2, 0.25) is 0 Å². The van der Waals surface area contributed by atoms with Crippen LogP contribution in [0.25, 0.3) is 5.69 Å². The van der Waals surface area contributed by atoms with Crippen molar-refractivity contribution < 1.29 is 9.53 Å². The summed E-state index contributed by atoms with van der Waals surface area (Å²) in [5.74, 6) is 0.593. The molecule has 1 saturated heterocycles. The second-order valence-electron chi connectivity index (χ2n) is 4.83. The van der Waals surface area contributed by atoms with Crippen molar-refractivity contribution in [1.29, 1.82) is 0 Å². The number of hydrogen-bond acceptors (Lipinski definition) is 6. The van der Waals surface area contributed by atoms with Crippen LogP contribution in [0.2, 0.25) is 0 Å². The van der Waals surface area contributed by atoms with Gasteiger partial charge in [-0.25, -0.2) is 9.10 Å². The summed E-state index contributed by atoms with van der Waals surface area (Å²) in [5.41, 5.74) is 0.821. The van der Waals surface area contributed by atoms with Gasteiger partial charge in [0.05, 0.1) is 5.69 Å². The van der Waals surface area contributed by atoms with Gasteiger partial charge in [-0.15, -0.1) is 5.10 Å². The molecule has 1 aromatic carbocycles. The van der Waals surface area contributed by atoms with E-state index in [-0.39, 0.29) is 12.5 Å². The highest BCUT2D eigenvalue weighted by Crippen LogP contribution is 2.14. The number of aromatic nitrogens is 4. The fourth-order valence-electron chi connectivity index (χ4n) is 2.14. The van der Waals surface area contributed by atoms with Gasteiger partial charge in [0, 0.05) is 26.2 Å². The number of tetrazole rings is 1. The average molecular weight is 323 g/mol. The number of nitrogens with zero attached hydrogens (tertiary/aromatic N) is 6. The quantitative estimate of drug-likeness (QED) is 0.756. The zero-order valence-electron chi connectivity index (χ0n) is 11.8. The highest BCUT2D eigenvalue weighted by Gasteiger charge is 2.20. The number of halogens is 1. The van der Waals surface area contributed by atoms with Crippen LogP contribution in [-0.4, -0.2) is 68.2 Å². The molecule has 1 amide bonds. The first kappa shape index (κ1) is 14.7. The number of benzene rings is 1. The first-order chi connectivity index (χ1) is 10.7. The highest BCUT2D eigenvalue weighted by molar-refractivity contribution is 6.13. The lowest BCUT2D eigenvalue weighted by Crippen LogP contribution is -2.47. The van der Waals surface area contributed by atoms with Crippen LogP contribution < -0.4 is 4.74 Å². The summed E-state index contributed by atoms with van der Waals surface area (Å²) in [5, 5.41) is 10.9. The lowest BCUT2D eigenvalue weighted by molar-refractivity contribution is -0.134. The van der Waals surface area contributed by atoms with Gasteiger partial charge in [0.1, 0.15) is 12.1 Å². The zero-order valence-corrected chi connectivity index (χ0v) is 12.6. The molecule has 0 saturated carbocycles. The summed E-state index contributed by atoms with van der Waals surface area (Å²) in [7, 11) is 0. The fraction of sp³-hybridized carbons (Fsp3) is 0.385. The third-order valence-electron chi connectivity index (χ3n) is 3.39. The number of rotatable bonds is 4. The molecule has 2 aromatic rings. The van der Waals surface area contributed by atoms with Gasteiger partial charge >= 0.3 is 0 Å². The normalized spacial score (nSPS) is 15.8. The fourth-order valence-corrected chi connectivity index (χ4v) is 2.29. The molecular formula is C13H15ClN6O2. The Bertz CT molecular complexity index is 610. The molecule has 1 fully saturated rings. The Labute approximate surface area is 132 Å². The van der Waals surface area contributed by atoms with Crippen molar-refractivity contribution >= 4 is 17.7 Å². The van der Waals surface area contributed by atoms with Crippen LogP contribution in [0.4, 0.5) is 0 Å². The van der Waals surface area contributed by atoms with E-state index in [1.54, 1.807) is 26.1 Å². The first-order valence-electron chi connectivity index (χ1n) is 6.87. The van der Waals surface area contributed by atoms with E-state index in [0.717, 1.165) is 5.69 Å². The zero-order chi connectivity index (χ0) is 15.4. The minimum absolute atomic E-state index is 0.0204. The lowest BCUT2D eigenvalue weighted by Gasteiger charge is -2.30. The molecule has 22 heavy (non-hydrogen) atoms. The molecule has 8 nitrogen and oxygen atoms in total. The SMILES string of the molecule is O=C(COc1ccc(-n2cnnn2)cc1)N1CCN(Cl)CC1. The molecule has 0 radical (unpaired) electrons. The van der Waals surface area contributed by atoms with Crippen LogP contribution in [0, 0.1) is 0 Å². The number of ether oxygens (including phenoxy) is 1. The van der Waals surface area contributed by atoms with E-state index in [0.29, 0.717) is 31.9 Å². The number of carbonyl (C=O) groups excluding carboxylic acids is 1. The number of carbonyl (C=O) groups is 1. The van der Waals surface area contributed by atoms with Gasteiger partial charge in [0.25, 0.3) is 5.91 Å². The van der Waals surface area contributed by atoms with Crippen molar-refractivity contribution in [3.8, 4) is 11.4 Å². The van der Waals surface area contributed by atoms with E-state index < -0.39 is 0 Å². The molecule has 0 aliphatic carbocycles. The van der Waals surface area contributed by atoms with Crippen molar-refractivity contribution in [2.24, 2.45) is 0 Å². The van der Waals surface area contributed by atoms with Crippen molar-refractivity contribution in [2.45, 2.75) is 0 Å². The van der Waals surface area contributed by atoms with E-state index in [9.17, 15) is 4.79 Å². The lowest BCUT2D eigenvalue weighted by atomic mass is 10.3. The van der Waals surface area contributed by atoms with Crippen molar-refractivity contribution in [2.75, 3.05) is 32.8 Å². The second kappa shape index (κ2) is 6.71. The van der Waals surface area contributed by atoms with Crippen LogP contribution in [0.1, 0.15) is 0 Å². The summed E-state index contributed by atoms with van der Waals surface area (Å²) < 4.78 is 8.75. The van der Waals surface area contributed by atoms with Crippen LogP contribution in [0.15, 0.2) is 30.6 Å². The predicted octanol–water partition coefficient (Wildman–Crippen LogP) is 0.339. The van der Waals surface area contributed by atoms with Crippen molar-refractivity contribution in [3.05, 3.63) is 30.6 Å². The van der Waals surface area contributed by atoms with Crippen molar-refractivity contribution in [1.82, 2.24) is 29.5 Å². The summed E-state index contributed by atoms with van der Waals surface area (Å²) in [6.07, 6.45) is 1.51. The van der Waals surface area contributed by atoms with Gasteiger partial charge in [-0.3, -0.25) is 4.79 Å². The first-order valence-corrected chi connectivity index (χ1v) is 7.21. The Morgan fingerprint density at radius 3 is 2.55 bits per heavy atom. The number of amides is 1. The third-order valence-corrected chi connectivity index (χ3v) is 3.73. The molecule has 0 N–H and O–H groups in total. The molecule has 1 aliphatic heterocycles. The Morgan fingerprint density at radius 2 is 1.91 bits per heavy atom.